The van der Waals surface area contributed by atoms with Gasteiger partial charge in [-0.3, -0.25) is 4.98 Å². The van der Waals surface area contributed by atoms with Gasteiger partial charge in [0, 0.05) is 31.7 Å². The van der Waals surface area contributed by atoms with Crippen LogP contribution in [0.1, 0.15) is 54.2 Å². The van der Waals surface area contributed by atoms with Crippen LogP contribution in [0.2, 0.25) is 0 Å². The molecule has 0 saturated carbocycles. The van der Waals surface area contributed by atoms with Crippen LogP contribution in [0.4, 0.5) is 0 Å². The summed E-state index contributed by atoms with van der Waals surface area (Å²) in [6.07, 6.45) is 6.34. The quantitative estimate of drug-likeness (QED) is 0.165. The van der Waals surface area contributed by atoms with Gasteiger partial charge in [-0.1, -0.05) is 80.4 Å². The van der Waals surface area contributed by atoms with Crippen molar-refractivity contribution in [3.8, 4) is 33.6 Å². The Bertz CT molecular complexity index is 1920. The summed E-state index contributed by atoms with van der Waals surface area (Å²) in [7, 11) is 0. The molecule has 0 spiro atoms. The SMILES string of the molecule is CC(C)(C)c1ccnc(-c2[c-]cccc2)c1.Cc1cc(-c2[c-]c3c4c(c2)CCc2cccc(c2-4)CC3)nc2ccccc12.[Ir]. The first-order valence-electron chi connectivity index (χ1n) is 15.3. The summed E-state index contributed by atoms with van der Waals surface area (Å²) in [5.74, 6) is 0. The summed E-state index contributed by atoms with van der Waals surface area (Å²) < 4.78 is 0. The zero-order valence-corrected chi connectivity index (χ0v) is 28.2. The zero-order valence-electron chi connectivity index (χ0n) is 25.8. The van der Waals surface area contributed by atoms with Gasteiger partial charge in [-0.2, -0.15) is 0 Å². The molecule has 8 rings (SSSR count). The van der Waals surface area contributed by atoms with E-state index in [9.17, 15) is 0 Å². The van der Waals surface area contributed by atoms with Crippen molar-refractivity contribution in [1.29, 1.82) is 0 Å². The third kappa shape index (κ3) is 5.79. The van der Waals surface area contributed by atoms with Crippen LogP contribution in [0.3, 0.4) is 0 Å². The van der Waals surface area contributed by atoms with Crippen molar-refractivity contribution < 1.29 is 20.1 Å². The maximum Gasteiger partial charge on any atom is 0.0597 e. The Labute approximate surface area is 275 Å². The molecule has 0 N–H and O–H groups in total. The Morgan fingerprint density at radius 3 is 2.20 bits per heavy atom. The summed E-state index contributed by atoms with van der Waals surface area (Å²) in [6, 6.07) is 38.9. The van der Waals surface area contributed by atoms with Crippen LogP contribution in [0, 0.1) is 19.1 Å². The summed E-state index contributed by atoms with van der Waals surface area (Å²) in [5.41, 5.74) is 16.9. The molecule has 0 saturated heterocycles. The molecule has 1 radical (unpaired) electrons. The van der Waals surface area contributed by atoms with Gasteiger partial charge >= 0.3 is 0 Å². The van der Waals surface area contributed by atoms with Crippen molar-refractivity contribution in [3.05, 3.63) is 143 Å². The number of aromatic nitrogens is 2. The molecule has 0 unspecified atom stereocenters. The van der Waals surface area contributed by atoms with Crippen molar-refractivity contribution in [2.75, 3.05) is 0 Å². The second kappa shape index (κ2) is 12.2. The molecule has 2 heterocycles. The molecule has 0 amide bonds. The maximum absolute atomic E-state index is 4.96. The summed E-state index contributed by atoms with van der Waals surface area (Å²) in [4.78, 5) is 9.35. The predicted molar refractivity (Wildman–Crippen MR) is 178 cm³/mol. The van der Waals surface area contributed by atoms with Crippen molar-refractivity contribution in [2.24, 2.45) is 0 Å². The molecule has 0 aliphatic heterocycles. The number of nitrogens with zero attached hydrogens (tertiary/aromatic N) is 2. The van der Waals surface area contributed by atoms with Crippen LogP contribution < -0.4 is 0 Å². The maximum atomic E-state index is 4.96. The molecular formula is C41H36IrN2-2. The molecule has 2 aromatic heterocycles. The first-order valence-corrected chi connectivity index (χ1v) is 15.3. The first kappa shape index (κ1) is 30.1. The standard InChI is InChI=1S/C26H20N.C15H16N.Ir/c1-16-13-24(27-23-8-3-2-7-22(16)23)21-14-19-11-9-17-5-4-6-18-10-12-20(15-21)26(19)25(17)18;1-15(2,3)13-9-10-16-14(11-13)12-7-5-4-6-8-12;/h2-8,13-14H,9-12H2,1H3;4-7,9-11H,1-3H3;/q2*-1;. The van der Waals surface area contributed by atoms with Crippen molar-refractivity contribution in [2.45, 2.75) is 58.8 Å². The van der Waals surface area contributed by atoms with E-state index >= 15 is 0 Å². The smallest absolute Gasteiger partial charge is 0.0597 e. The van der Waals surface area contributed by atoms with Crippen LogP contribution in [0.5, 0.6) is 0 Å². The van der Waals surface area contributed by atoms with Gasteiger partial charge in [-0.25, -0.2) is 0 Å². The van der Waals surface area contributed by atoms with E-state index in [1.54, 1.807) is 0 Å². The van der Waals surface area contributed by atoms with Gasteiger partial charge in [0.2, 0.25) is 0 Å². The molecular weight excluding hydrogens is 713 g/mol. The Morgan fingerprint density at radius 1 is 0.682 bits per heavy atom. The van der Waals surface area contributed by atoms with Gasteiger partial charge in [-0.05, 0) is 83.8 Å². The summed E-state index contributed by atoms with van der Waals surface area (Å²) >= 11 is 0. The molecule has 3 heteroatoms. The minimum Gasteiger partial charge on any atom is -0.305 e. The minimum atomic E-state index is 0. The van der Waals surface area contributed by atoms with Gasteiger partial charge in [0.25, 0.3) is 0 Å². The van der Waals surface area contributed by atoms with Crippen molar-refractivity contribution in [3.63, 3.8) is 0 Å². The second-order valence-corrected chi connectivity index (χ2v) is 12.8. The number of pyridine rings is 2. The van der Waals surface area contributed by atoms with Crippen LogP contribution in [-0.4, -0.2) is 9.97 Å². The topological polar surface area (TPSA) is 25.8 Å². The molecule has 6 aromatic rings. The number of aryl methyl sites for hydroxylation is 5. The van der Waals surface area contributed by atoms with Crippen LogP contribution in [0.15, 0.2) is 97.2 Å². The van der Waals surface area contributed by atoms with Gasteiger partial charge < -0.3 is 4.98 Å². The predicted octanol–water partition coefficient (Wildman–Crippen LogP) is 9.72. The number of hydrogen-bond acceptors (Lipinski definition) is 2. The monoisotopic (exact) mass is 749 g/mol. The normalized spacial score (nSPS) is 12.9. The fourth-order valence-corrected chi connectivity index (χ4v) is 6.54. The molecule has 221 valence electrons. The van der Waals surface area contributed by atoms with E-state index in [1.165, 1.54) is 49.9 Å². The number of hydrogen-bond donors (Lipinski definition) is 0. The van der Waals surface area contributed by atoms with Crippen LogP contribution >= 0.6 is 0 Å². The van der Waals surface area contributed by atoms with Gasteiger partial charge in [-0.15, -0.1) is 64.7 Å². The average Bonchev–Trinajstić information content (AvgIpc) is 3.04. The second-order valence-electron chi connectivity index (χ2n) is 12.8. The van der Waals surface area contributed by atoms with E-state index < -0.39 is 0 Å². The van der Waals surface area contributed by atoms with Gasteiger partial charge in [0.1, 0.15) is 0 Å². The molecule has 0 atom stereocenters. The molecule has 0 bridgehead atoms. The average molecular weight is 749 g/mol. The van der Waals surface area contributed by atoms with E-state index in [0.717, 1.165) is 53.7 Å². The number of rotatable bonds is 2. The van der Waals surface area contributed by atoms with E-state index in [-0.39, 0.29) is 25.5 Å². The Kier molecular flexibility index (Phi) is 8.38. The number of para-hydroxylation sites is 1. The molecule has 44 heavy (non-hydrogen) atoms. The molecule has 2 aliphatic carbocycles. The van der Waals surface area contributed by atoms with E-state index in [0.29, 0.717) is 0 Å². The molecule has 4 aromatic carbocycles. The van der Waals surface area contributed by atoms with E-state index in [2.05, 4.69) is 112 Å². The van der Waals surface area contributed by atoms with Crippen molar-refractivity contribution >= 4 is 10.9 Å². The first-order chi connectivity index (χ1) is 20.8. The van der Waals surface area contributed by atoms with Gasteiger partial charge in [0.05, 0.1) is 5.52 Å². The molecule has 2 nitrogen and oxygen atoms in total. The third-order valence-corrected chi connectivity index (χ3v) is 8.83. The van der Waals surface area contributed by atoms with Crippen LogP contribution in [-0.2, 0) is 51.2 Å². The van der Waals surface area contributed by atoms with E-state index in [1.807, 2.05) is 30.5 Å². The summed E-state index contributed by atoms with van der Waals surface area (Å²) in [6.45, 7) is 8.81. The zero-order chi connectivity index (χ0) is 29.6. The molecule has 0 fully saturated rings. The number of fused-ring (bicyclic) bond motifs is 1. The Balaban J connectivity index is 0.000000174. The Hall–Kier alpha value is -3.91. The fourth-order valence-electron chi connectivity index (χ4n) is 6.54. The van der Waals surface area contributed by atoms with Gasteiger partial charge in [0.15, 0.2) is 0 Å². The summed E-state index contributed by atoms with van der Waals surface area (Å²) in [5, 5.41) is 1.24. The van der Waals surface area contributed by atoms with Crippen molar-refractivity contribution in [1.82, 2.24) is 9.97 Å². The van der Waals surface area contributed by atoms with E-state index in [4.69, 9.17) is 4.98 Å². The third-order valence-electron chi connectivity index (χ3n) is 8.83. The number of benzene rings is 4. The largest absolute Gasteiger partial charge is 0.305 e. The fraction of sp³-hybridized carbons (Fsp3) is 0.220. The minimum absolute atomic E-state index is 0. The molecule has 2 aliphatic rings. The Morgan fingerprint density at radius 2 is 1.43 bits per heavy atom. The van der Waals surface area contributed by atoms with Crippen LogP contribution in [0.25, 0.3) is 44.5 Å².